The molecule has 0 aromatic rings. The molecule has 0 spiro atoms. The second-order valence-electron chi connectivity index (χ2n) is 3.34. The fraction of sp³-hybridized carbons (Fsp3) is 0.857. The van der Waals surface area contributed by atoms with Crippen molar-refractivity contribution < 1.29 is 26.7 Å². The molecule has 0 aromatic heterocycles. The van der Waals surface area contributed by atoms with E-state index < -0.39 is 38.0 Å². The number of rotatable bonds is 8. The summed E-state index contributed by atoms with van der Waals surface area (Å²) >= 11 is 0. The van der Waals surface area contributed by atoms with Crippen molar-refractivity contribution in [2.45, 2.75) is 12.8 Å². The van der Waals surface area contributed by atoms with Crippen molar-refractivity contribution >= 4 is 25.8 Å². The van der Waals surface area contributed by atoms with Crippen molar-refractivity contribution in [1.29, 1.82) is 0 Å². The molecule has 0 saturated carbocycles. The van der Waals surface area contributed by atoms with Gasteiger partial charge in [0.25, 0.3) is 0 Å². The molecule has 96 valence electrons. The lowest BCUT2D eigenvalue weighted by molar-refractivity contribution is -0.136. The average molecular weight is 273 g/mol. The molecule has 16 heavy (non-hydrogen) atoms. The zero-order valence-corrected chi connectivity index (χ0v) is 10.5. The molecule has 0 radical (unpaired) electrons. The Morgan fingerprint density at radius 2 is 1.75 bits per heavy atom. The van der Waals surface area contributed by atoms with E-state index in [0.29, 0.717) is 0 Å². The highest BCUT2D eigenvalue weighted by Crippen LogP contribution is 1.92. The van der Waals surface area contributed by atoms with Crippen LogP contribution in [0.25, 0.3) is 0 Å². The fourth-order valence-electron chi connectivity index (χ4n) is 0.856. The Kier molecular flexibility index (Phi) is 5.90. The third-order valence-electron chi connectivity index (χ3n) is 1.60. The van der Waals surface area contributed by atoms with Gasteiger partial charge in [0, 0.05) is 12.8 Å². The Bertz CT molecular complexity index is 424. The van der Waals surface area contributed by atoms with Crippen LogP contribution < -0.4 is 4.72 Å². The van der Waals surface area contributed by atoms with Gasteiger partial charge in [0.2, 0.25) is 10.0 Å². The van der Waals surface area contributed by atoms with Gasteiger partial charge in [-0.15, -0.1) is 0 Å². The van der Waals surface area contributed by atoms with Gasteiger partial charge in [-0.1, -0.05) is 0 Å². The SMILES string of the molecule is CS(=O)(=O)CCCNS(=O)(=O)CCC(=O)O. The number of carboxylic acids is 1. The molecular formula is C7H15NO6S2. The van der Waals surface area contributed by atoms with Gasteiger partial charge in [-0.25, -0.2) is 21.6 Å². The van der Waals surface area contributed by atoms with Crippen LogP contribution in [0.4, 0.5) is 0 Å². The summed E-state index contributed by atoms with van der Waals surface area (Å²) in [5.41, 5.74) is 0. The van der Waals surface area contributed by atoms with Crippen LogP contribution in [0.15, 0.2) is 0 Å². The van der Waals surface area contributed by atoms with E-state index in [-0.39, 0.29) is 18.7 Å². The third-order valence-corrected chi connectivity index (χ3v) is 4.01. The molecular weight excluding hydrogens is 258 g/mol. The predicted octanol–water partition coefficient (Wildman–Crippen LogP) is -1.18. The summed E-state index contributed by atoms with van der Waals surface area (Å²) in [5.74, 6) is -1.79. The van der Waals surface area contributed by atoms with Crippen LogP contribution in [0.2, 0.25) is 0 Å². The standard InChI is InChI=1S/C7H15NO6S2/c1-15(11,12)5-2-4-8-16(13,14)6-3-7(9)10/h8H,2-6H2,1H3,(H,9,10). The fourth-order valence-corrected chi connectivity index (χ4v) is 2.57. The van der Waals surface area contributed by atoms with Gasteiger partial charge in [-0.3, -0.25) is 4.79 Å². The molecule has 0 aliphatic rings. The molecule has 0 aliphatic carbocycles. The van der Waals surface area contributed by atoms with Crippen LogP contribution in [0.1, 0.15) is 12.8 Å². The molecule has 0 aliphatic heterocycles. The van der Waals surface area contributed by atoms with Crippen molar-refractivity contribution in [3.63, 3.8) is 0 Å². The van der Waals surface area contributed by atoms with Gasteiger partial charge in [0.15, 0.2) is 0 Å². The molecule has 0 bridgehead atoms. The number of carboxylic acid groups (broad SMARTS) is 1. The first-order valence-corrected chi connectivity index (χ1v) is 8.20. The first kappa shape index (κ1) is 15.3. The van der Waals surface area contributed by atoms with Crippen LogP contribution in [-0.2, 0) is 24.7 Å². The first-order valence-electron chi connectivity index (χ1n) is 4.49. The Morgan fingerprint density at radius 3 is 2.19 bits per heavy atom. The number of nitrogens with one attached hydrogen (secondary N) is 1. The molecule has 2 N–H and O–H groups in total. The van der Waals surface area contributed by atoms with E-state index in [4.69, 9.17) is 5.11 Å². The molecule has 0 heterocycles. The van der Waals surface area contributed by atoms with Crippen molar-refractivity contribution in [3.8, 4) is 0 Å². The minimum Gasteiger partial charge on any atom is -0.481 e. The van der Waals surface area contributed by atoms with E-state index in [9.17, 15) is 21.6 Å². The lowest BCUT2D eigenvalue weighted by Gasteiger charge is -2.04. The quantitative estimate of drug-likeness (QED) is 0.537. The summed E-state index contributed by atoms with van der Waals surface area (Å²) < 4.78 is 45.8. The van der Waals surface area contributed by atoms with Crippen molar-refractivity contribution in [2.75, 3.05) is 24.3 Å². The zero-order valence-electron chi connectivity index (χ0n) is 8.84. The molecule has 0 saturated heterocycles. The van der Waals surface area contributed by atoms with Crippen LogP contribution >= 0.6 is 0 Å². The molecule has 0 unspecified atom stereocenters. The Morgan fingerprint density at radius 1 is 1.19 bits per heavy atom. The Hall–Kier alpha value is -0.670. The van der Waals surface area contributed by atoms with Crippen LogP contribution in [0.3, 0.4) is 0 Å². The molecule has 0 atom stereocenters. The normalized spacial score (nSPS) is 12.6. The van der Waals surface area contributed by atoms with Crippen molar-refractivity contribution in [1.82, 2.24) is 4.72 Å². The predicted molar refractivity (Wildman–Crippen MR) is 58.4 cm³/mol. The topological polar surface area (TPSA) is 118 Å². The number of hydrogen-bond acceptors (Lipinski definition) is 5. The Balaban J connectivity index is 3.88. The highest BCUT2D eigenvalue weighted by atomic mass is 32.2. The summed E-state index contributed by atoms with van der Waals surface area (Å²) in [4.78, 5) is 10.1. The van der Waals surface area contributed by atoms with Crippen LogP contribution in [0.5, 0.6) is 0 Å². The number of carbonyl (C=O) groups is 1. The second-order valence-corrected chi connectivity index (χ2v) is 7.53. The minimum atomic E-state index is -3.62. The van der Waals surface area contributed by atoms with Gasteiger partial charge in [-0.2, -0.15) is 0 Å². The maximum absolute atomic E-state index is 11.1. The Labute approximate surface area is 94.8 Å². The van der Waals surface area contributed by atoms with E-state index in [2.05, 4.69) is 4.72 Å². The number of aliphatic carboxylic acids is 1. The van der Waals surface area contributed by atoms with Gasteiger partial charge in [0.1, 0.15) is 9.84 Å². The number of hydrogen-bond donors (Lipinski definition) is 2. The van der Waals surface area contributed by atoms with E-state index in [1.807, 2.05) is 0 Å². The van der Waals surface area contributed by atoms with Gasteiger partial charge in [0.05, 0.1) is 17.9 Å². The zero-order chi connectivity index (χ0) is 12.8. The van der Waals surface area contributed by atoms with Crippen LogP contribution in [-0.4, -0.2) is 52.2 Å². The molecule has 0 fully saturated rings. The molecule has 0 rings (SSSR count). The van der Waals surface area contributed by atoms with Crippen molar-refractivity contribution in [2.24, 2.45) is 0 Å². The molecule has 9 heteroatoms. The summed E-state index contributed by atoms with van der Waals surface area (Å²) in [6.45, 7) is -0.00494. The monoisotopic (exact) mass is 273 g/mol. The smallest absolute Gasteiger partial charge is 0.304 e. The second kappa shape index (κ2) is 6.16. The highest BCUT2D eigenvalue weighted by Gasteiger charge is 2.12. The van der Waals surface area contributed by atoms with Gasteiger partial charge < -0.3 is 5.11 Å². The lowest BCUT2D eigenvalue weighted by Crippen LogP contribution is -2.29. The number of sulfone groups is 1. The first-order chi connectivity index (χ1) is 7.12. The summed E-state index contributed by atoms with van der Waals surface area (Å²) in [6, 6.07) is 0. The molecule has 0 aromatic carbocycles. The largest absolute Gasteiger partial charge is 0.481 e. The van der Waals surface area contributed by atoms with Gasteiger partial charge in [-0.05, 0) is 6.42 Å². The maximum atomic E-state index is 11.1. The maximum Gasteiger partial charge on any atom is 0.304 e. The van der Waals surface area contributed by atoms with E-state index >= 15 is 0 Å². The van der Waals surface area contributed by atoms with Crippen molar-refractivity contribution in [3.05, 3.63) is 0 Å². The van der Waals surface area contributed by atoms with Gasteiger partial charge >= 0.3 is 5.97 Å². The lowest BCUT2D eigenvalue weighted by atomic mass is 10.5. The summed E-state index contributed by atoms with van der Waals surface area (Å²) in [6.07, 6.45) is 0.762. The molecule has 0 amide bonds. The highest BCUT2D eigenvalue weighted by molar-refractivity contribution is 7.90. The average Bonchev–Trinajstić information content (AvgIpc) is 2.08. The van der Waals surface area contributed by atoms with E-state index in [0.717, 1.165) is 6.26 Å². The van der Waals surface area contributed by atoms with E-state index in [1.165, 1.54) is 0 Å². The minimum absolute atomic E-state index is 0.00494. The molecule has 7 nitrogen and oxygen atoms in total. The number of sulfonamides is 1. The van der Waals surface area contributed by atoms with E-state index in [1.54, 1.807) is 0 Å². The summed E-state index contributed by atoms with van der Waals surface area (Å²) in [5, 5.41) is 8.28. The van der Waals surface area contributed by atoms with Crippen LogP contribution in [0, 0.1) is 0 Å². The summed E-state index contributed by atoms with van der Waals surface area (Å²) in [7, 11) is -6.72. The third kappa shape index (κ3) is 9.87.